The molecule has 4 nitrogen and oxygen atoms in total. The number of aryl methyl sites for hydroxylation is 2. The highest BCUT2D eigenvalue weighted by atomic mass is 16.4. The number of aliphatic carboxylic acids is 1. The Bertz CT molecular complexity index is 470. The van der Waals surface area contributed by atoms with Crippen LogP contribution in [0.5, 0.6) is 0 Å². The predicted octanol–water partition coefficient (Wildman–Crippen LogP) is 1.97. The maximum Gasteiger partial charge on any atom is 0.300 e. The second-order valence-electron chi connectivity index (χ2n) is 3.23. The van der Waals surface area contributed by atoms with E-state index in [4.69, 9.17) is 9.90 Å². The van der Waals surface area contributed by atoms with E-state index in [0.29, 0.717) is 0 Å². The molecule has 0 unspecified atom stereocenters. The molecule has 0 aliphatic rings. The minimum absolute atomic E-state index is 0.833. The number of fused-ring (bicyclic) bond motifs is 1. The van der Waals surface area contributed by atoms with Crippen molar-refractivity contribution < 1.29 is 9.90 Å². The van der Waals surface area contributed by atoms with Crippen molar-refractivity contribution in [2.24, 2.45) is 7.05 Å². The van der Waals surface area contributed by atoms with E-state index in [1.54, 1.807) is 0 Å². The van der Waals surface area contributed by atoms with Crippen LogP contribution in [-0.4, -0.2) is 20.6 Å². The molecule has 4 heteroatoms. The minimum atomic E-state index is -0.833. The first-order valence-corrected chi connectivity index (χ1v) is 4.60. The first kappa shape index (κ1) is 11.2. The van der Waals surface area contributed by atoms with Crippen molar-refractivity contribution in [3.8, 4) is 0 Å². The number of aromatic nitrogens is 2. The van der Waals surface area contributed by atoms with Gasteiger partial charge in [-0.25, -0.2) is 4.98 Å². The molecule has 0 aliphatic heterocycles. The van der Waals surface area contributed by atoms with Crippen LogP contribution in [0.2, 0.25) is 0 Å². The lowest BCUT2D eigenvalue weighted by molar-refractivity contribution is -0.134. The zero-order chi connectivity index (χ0) is 11.4. The van der Waals surface area contributed by atoms with E-state index in [2.05, 4.69) is 15.6 Å². The molecular formula is C11H14N2O2. The van der Waals surface area contributed by atoms with E-state index in [1.165, 1.54) is 5.52 Å². The fraction of sp³-hybridized carbons (Fsp3) is 0.273. The molecule has 15 heavy (non-hydrogen) atoms. The lowest BCUT2D eigenvalue weighted by Crippen LogP contribution is -1.89. The summed E-state index contributed by atoms with van der Waals surface area (Å²) in [6.07, 6.45) is 0. The van der Waals surface area contributed by atoms with Gasteiger partial charge in [0.1, 0.15) is 5.82 Å². The summed E-state index contributed by atoms with van der Waals surface area (Å²) in [5, 5.41) is 7.42. The van der Waals surface area contributed by atoms with E-state index in [1.807, 2.05) is 32.2 Å². The van der Waals surface area contributed by atoms with E-state index >= 15 is 0 Å². The first-order chi connectivity index (χ1) is 7.02. The normalized spacial score (nSPS) is 9.53. The van der Waals surface area contributed by atoms with E-state index in [0.717, 1.165) is 18.3 Å². The standard InChI is InChI=1S/C9H10N2.C2H4O2/c1-7-10-8-5-3-4-6-9(8)11(7)2;1-2(3)4/h3-6H,1-2H3;1H3,(H,3,4). The van der Waals surface area contributed by atoms with Gasteiger partial charge in [-0.1, -0.05) is 12.1 Å². The van der Waals surface area contributed by atoms with Crippen molar-refractivity contribution in [2.45, 2.75) is 13.8 Å². The van der Waals surface area contributed by atoms with Gasteiger partial charge in [-0.2, -0.15) is 0 Å². The topological polar surface area (TPSA) is 55.1 Å². The lowest BCUT2D eigenvalue weighted by Gasteiger charge is -1.93. The van der Waals surface area contributed by atoms with Crippen molar-refractivity contribution in [1.29, 1.82) is 0 Å². The molecule has 0 amide bonds. The maximum atomic E-state index is 9.00. The van der Waals surface area contributed by atoms with Crippen LogP contribution in [0, 0.1) is 6.92 Å². The van der Waals surface area contributed by atoms with Gasteiger partial charge in [0.15, 0.2) is 0 Å². The number of carboxylic acids is 1. The number of hydrogen-bond acceptors (Lipinski definition) is 2. The molecule has 80 valence electrons. The fourth-order valence-corrected chi connectivity index (χ4v) is 1.27. The zero-order valence-corrected chi connectivity index (χ0v) is 9.06. The van der Waals surface area contributed by atoms with Gasteiger partial charge >= 0.3 is 0 Å². The Balaban J connectivity index is 0.000000245. The molecule has 0 saturated heterocycles. The Hall–Kier alpha value is -1.84. The average Bonchev–Trinajstić information content (AvgIpc) is 2.43. The Kier molecular flexibility index (Phi) is 3.44. The third-order valence-electron chi connectivity index (χ3n) is 2.01. The fourth-order valence-electron chi connectivity index (χ4n) is 1.27. The second-order valence-corrected chi connectivity index (χ2v) is 3.23. The second kappa shape index (κ2) is 4.59. The molecular weight excluding hydrogens is 192 g/mol. The van der Waals surface area contributed by atoms with Gasteiger partial charge in [0.2, 0.25) is 0 Å². The molecule has 2 rings (SSSR count). The molecule has 0 aliphatic carbocycles. The summed E-state index contributed by atoms with van der Waals surface area (Å²) < 4.78 is 2.09. The molecule has 0 spiro atoms. The predicted molar refractivity (Wildman–Crippen MR) is 58.8 cm³/mol. The number of rotatable bonds is 0. The molecule has 1 N–H and O–H groups in total. The summed E-state index contributed by atoms with van der Waals surface area (Å²) in [5.41, 5.74) is 2.28. The molecule has 2 aromatic rings. The van der Waals surface area contributed by atoms with E-state index in [9.17, 15) is 0 Å². The SMILES string of the molecule is CC(=O)O.Cc1nc2ccccc2n1C. The number of carbonyl (C=O) groups is 1. The monoisotopic (exact) mass is 206 g/mol. The summed E-state index contributed by atoms with van der Waals surface area (Å²) in [7, 11) is 2.03. The molecule has 1 heterocycles. The lowest BCUT2D eigenvalue weighted by atomic mass is 10.3. The molecule has 0 radical (unpaired) electrons. The van der Waals surface area contributed by atoms with Crippen LogP contribution in [0.1, 0.15) is 12.7 Å². The summed E-state index contributed by atoms with van der Waals surface area (Å²) in [6, 6.07) is 8.15. The molecule has 1 aromatic carbocycles. The van der Waals surface area contributed by atoms with Gasteiger partial charge in [-0.3, -0.25) is 4.79 Å². The molecule has 1 aromatic heterocycles. The highest BCUT2D eigenvalue weighted by Crippen LogP contribution is 2.12. The third kappa shape index (κ3) is 2.80. The van der Waals surface area contributed by atoms with Gasteiger partial charge in [0.05, 0.1) is 11.0 Å². The smallest absolute Gasteiger partial charge is 0.300 e. The first-order valence-electron chi connectivity index (χ1n) is 4.60. The largest absolute Gasteiger partial charge is 0.481 e. The number of benzene rings is 1. The molecule has 0 saturated carbocycles. The van der Waals surface area contributed by atoms with Crippen molar-refractivity contribution in [3.05, 3.63) is 30.1 Å². The minimum Gasteiger partial charge on any atom is -0.481 e. The van der Waals surface area contributed by atoms with Gasteiger partial charge in [0, 0.05) is 14.0 Å². The van der Waals surface area contributed by atoms with Gasteiger partial charge in [0.25, 0.3) is 5.97 Å². The Morgan fingerprint density at radius 2 is 1.93 bits per heavy atom. The number of carboxylic acid groups (broad SMARTS) is 1. The van der Waals surface area contributed by atoms with Gasteiger partial charge in [-0.05, 0) is 19.1 Å². The summed E-state index contributed by atoms with van der Waals surface area (Å²) in [5.74, 6) is 0.228. The highest BCUT2D eigenvalue weighted by molar-refractivity contribution is 5.75. The van der Waals surface area contributed by atoms with Crippen molar-refractivity contribution in [2.75, 3.05) is 0 Å². The summed E-state index contributed by atoms with van der Waals surface area (Å²) in [4.78, 5) is 13.4. The Labute approximate surface area is 88.2 Å². The van der Waals surface area contributed by atoms with Crippen LogP contribution in [0.4, 0.5) is 0 Å². The third-order valence-corrected chi connectivity index (χ3v) is 2.01. The van der Waals surface area contributed by atoms with Crippen LogP contribution in [0.15, 0.2) is 24.3 Å². The number of nitrogens with zero attached hydrogens (tertiary/aromatic N) is 2. The molecule has 0 bridgehead atoms. The van der Waals surface area contributed by atoms with Gasteiger partial charge in [-0.15, -0.1) is 0 Å². The Morgan fingerprint density at radius 3 is 2.47 bits per heavy atom. The van der Waals surface area contributed by atoms with E-state index in [-0.39, 0.29) is 0 Å². The summed E-state index contributed by atoms with van der Waals surface area (Å²) >= 11 is 0. The van der Waals surface area contributed by atoms with Crippen LogP contribution in [0.25, 0.3) is 11.0 Å². The zero-order valence-electron chi connectivity index (χ0n) is 9.06. The number of imidazole rings is 1. The maximum absolute atomic E-state index is 9.00. The van der Waals surface area contributed by atoms with Crippen molar-refractivity contribution in [1.82, 2.24) is 9.55 Å². The van der Waals surface area contributed by atoms with Crippen molar-refractivity contribution >= 4 is 17.0 Å². The van der Waals surface area contributed by atoms with Crippen molar-refractivity contribution in [3.63, 3.8) is 0 Å². The van der Waals surface area contributed by atoms with Crippen LogP contribution < -0.4 is 0 Å². The van der Waals surface area contributed by atoms with E-state index < -0.39 is 5.97 Å². The Morgan fingerprint density at radius 1 is 1.40 bits per heavy atom. The number of para-hydroxylation sites is 2. The number of hydrogen-bond donors (Lipinski definition) is 1. The van der Waals surface area contributed by atoms with Crippen LogP contribution in [-0.2, 0) is 11.8 Å². The quantitative estimate of drug-likeness (QED) is 0.717. The van der Waals surface area contributed by atoms with Crippen LogP contribution in [0.3, 0.4) is 0 Å². The summed E-state index contributed by atoms with van der Waals surface area (Å²) in [6.45, 7) is 3.10. The molecule has 0 fully saturated rings. The highest BCUT2D eigenvalue weighted by Gasteiger charge is 2.00. The molecule has 0 atom stereocenters. The average molecular weight is 206 g/mol. The van der Waals surface area contributed by atoms with Crippen LogP contribution >= 0.6 is 0 Å². The van der Waals surface area contributed by atoms with Gasteiger partial charge < -0.3 is 9.67 Å².